The molecule has 0 radical (unpaired) electrons. The van der Waals surface area contributed by atoms with Gasteiger partial charge in [0.2, 0.25) is 0 Å². The molecule has 1 aliphatic carbocycles. The zero-order valence-electron chi connectivity index (χ0n) is 16.0. The average molecular weight is 497 g/mol. The lowest BCUT2D eigenvalue weighted by Gasteiger charge is -2.42. The molecule has 2 N–H and O–H groups in total. The first-order valence-electron chi connectivity index (χ1n) is 9.00. The molecular formula is C19H30F2IN3O2. The highest BCUT2D eigenvalue weighted by atomic mass is 127. The molecule has 8 heteroatoms. The standard InChI is InChI=1S/C19H29F2N3O2.HI/c1-22-18(24-14-19(7-4-8-19)9-10-25-2)23-12-15-5-3-6-16(11-15)26-13-17(20)21;/h3,5-6,11,17H,4,7-10,12-14H2,1-2H3,(H2,22,23,24);1H. The van der Waals surface area contributed by atoms with Gasteiger partial charge in [-0.3, -0.25) is 4.99 Å². The molecule has 0 aliphatic heterocycles. The third kappa shape index (κ3) is 8.16. The number of nitrogens with zero attached hydrogens (tertiary/aromatic N) is 1. The summed E-state index contributed by atoms with van der Waals surface area (Å²) in [5.74, 6) is 1.17. The maximum Gasteiger partial charge on any atom is 0.272 e. The van der Waals surface area contributed by atoms with Crippen molar-refractivity contribution in [3.05, 3.63) is 29.8 Å². The van der Waals surface area contributed by atoms with Crippen LogP contribution in [0.1, 0.15) is 31.2 Å². The van der Waals surface area contributed by atoms with E-state index in [0.717, 1.165) is 31.1 Å². The quantitative estimate of drug-likeness (QED) is 0.293. The van der Waals surface area contributed by atoms with E-state index in [-0.39, 0.29) is 24.0 Å². The average Bonchev–Trinajstić information content (AvgIpc) is 2.61. The van der Waals surface area contributed by atoms with Gasteiger partial charge in [-0.2, -0.15) is 0 Å². The van der Waals surface area contributed by atoms with Gasteiger partial charge in [-0.15, -0.1) is 24.0 Å². The fraction of sp³-hybridized carbons (Fsp3) is 0.632. The fourth-order valence-corrected chi connectivity index (χ4v) is 3.09. The van der Waals surface area contributed by atoms with Gasteiger partial charge in [0.25, 0.3) is 6.43 Å². The Hall–Kier alpha value is -1.16. The lowest BCUT2D eigenvalue weighted by atomic mass is 9.67. The number of hydrogen-bond acceptors (Lipinski definition) is 3. The van der Waals surface area contributed by atoms with Crippen LogP contribution in [0.25, 0.3) is 0 Å². The van der Waals surface area contributed by atoms with Crippen LogP contribution in [0, 0.1) is 5.41 Å². The Balaban J connectivity index is 0.00000364. The number of nitrogens with one attached hydrogen (secondary N) is 2. The molecule has 1 aromatic carbocycles. The van der Waals surface area contributed by atoms with Gasteiger partial charge in [-0.25, -0.2) is 8.78 Å². The number of alkyl halides is 2. The number of rotatable bonds is 10. The van der Waals surface area contributed by atoms with E-state index in [9.17, 15) is 8.78 Å². The Kier molecular flexibility index (Phi) is 10.9. The maximum atomic E-state index is 12.2. The molecule has 1 saturated carbocycles. The molecule has 0 amide bonds. The zero-order valence-corrected chi connectivity index (χ0v) is 18.3. The van der Waals surface area contributed by atoms with Crippen molar-refractivity contribution >= 4 is 29.9 Å². The maximum absolute atomic E-state index is 12.2. The summed E-state index contributed by atoms with van der Waals surface area (Å²) in [6.07, 6.45) is 2.27. The van der Waals surface area contributed by atoms with Crippen LogP contribution in [0.4, 0.5) is 8.78 Å². The van der Waals surface area contributed by atoms with Crippen molar-refractivity contribution in [2.75, 3.05) is 33.9 Å². The predicted molar refractivity (Wildman–Crippen MR) is 114 cm³/mol. The van der Waals surface area contributed by atoms with Gasteiger partial charge in [-0.05, 0) is 42.4 Å². The number of ether oxygens (including phenoxy) is 2. The highest BCUT2D eigenvalue weighted by Crippen LogP contribution is 2.43. The van der Waals surface area contributed by atoms with E-state index in [4.69, 9.17) is 9.47 Å². The highest BCUT2D eigenvalue weighted by molar-refractivity contribution is 14.0. The topological polar surface area (TPSA) is 54.9 Å². The van der Waals surface area contributed by atoms with Crippen molar-refractivity contribution in [3.8, 4) is 5.75 Å². The largest absolute Gasteiger partial charge is 0.488 e. The van der Waals surface area contributed by atoms with Crippen molar-refractivity contribution in [2.24, 2.45) is 10.4 Å². The molecule has 0 spiro atoms. The number of halogens is 3. The molecule has 0 saturated heterocycles. The van der Waals surface area contributed by atoms with E-state index >= 15 is 0 Å². The lowest BCUT2D eigenvalue weighted by Crippen LogP contribution is -2.46. The summed E-state index contributed by atoms with van der Waals surface area (Å²) in [5, 5.41) is 6.66. The molecule has 2 rings (SSSR count). The number of benzene rings is 1. The first-order valence-corrected chi connectivity index (χ1v) is 9.00. The predicted octanol–water partition coefficient (Wildman–Crippen LogP) is 3.82. The van der Waals surface area contributed by atoms with Gasteiger partial charge in [0.15, 0.2) is 5.96 Å². The number of hydrogen-bond donors (Lipinski definition) is 2. The first kappa shape index (κ1) is 23.9. The summed E-state index contributed by atoms with van der Waals surface area (Å²) in [6.45, 7) is 1.59. The minimum atomic E-state index is -2.48. The third-order valence-corrected chi connectivity index (χ3v) is 4.84. The normalized spacial score (nSPS) is 15.7. The molecule has 154 valence electrons. The number of methoxy groups -OCH3 is 1. The highest BCUT2D eigenvalue weighted by Gasteiger charge is 2.36. The van der Waals surface area contributed by atoms with Crippen LogP contribution in [0.15, 0.2) is 29.3 Å². The Morgan fingerprint density at radius 3 is 2.67 bits per heavy atom. The molecule has 1 fully saturated rings. The van der Waals surface area contributed by atoms with Gasteiger partial charge in [-0.1, -0.05) is 18.6 Å². The van der Waals surface area contributed by atoms with Gasteiger partial charge >= 0.3 is 0 Å². The Morgan fingerprint density at radius 1 is 1.30 bits per heavy atom. The van der Waals surface area contributed by atoms with E-state index in [1.54, 1.807) is 32.4 Å². The molecular weight excluding hydrogens is 467 g/mol. The van der Waals surface area contributed by atoms with E-state index in [1.165, 1.54) is 19.3 Å². The van der Waals surface area contributed by atoms with E-state index in [2.05, 4.69) is 15.6 Å². The molecule has 1 aliphatic rings. The second-order valence-corrected chi connectivity index (χ2v) is 6.73. The Bertz CT molecular complexity index is 584. The molecule has 0 unspecified atom stereocenters. The Labute approximate surface area is 177 Å². The van der Waals surface area contributed by atoms with E-state index in [0.29, 0.717) is 17.7 Å². The van der Waals surface area contributed by atoms with Crippen LogP contribution in [-0.4, -0.2) is 46.3 Å². The van der Waals surface area contributed by atoms with Gasteiger partial charge in [0.05, 0.1) is 0 Å². The van der Waals surface area contributed by atoms with Crippen LogP contribution in [-0.2, 0) is 11.3 Å². The van der Waals surface area contributed by atoms with Crippen LogP contribution >= 0.6 is 24.0 Å². The van der Waals surface area contributed by atoms with Crippen LogP contribution in [0.3, 0.4) is 0 Å². The summed E-state index contributed by atoms with van der Waals surface area (Å²) in [7, 11) is 3.47. The van der Waals surface area contributed by atoms with E-state index < -0.39 is 13.0 Å². The SMILES string of the molecule is CN=C(NCc1cccc(OCC(F)F)c1)NCC1(CCOC)CCC1.I. The lowest BCUT2D eigenvalue weighted by molar-refractivity contribution is 0.0732. The fourth-order valence-electron chi connectivity index (χ4n) is 3.09. The number of aliphatic imine (C=N–C) groups is 1. The Morgan fingerprint density at radius 2 is 2.07 bits per heavy atom. The van der Waals surface area contributed by atoms with Crippen molar-refractivity contribution in [3.63, 3.8) is 0 Å². The molecule has 0 aromatic heterocycles. The van der Waals surface area contributed by atoms with Crippen molar-refractivity contribution < 1.29 is 18.3 Å². The van der Waals surface area contributed by atoms with Crippen LogP contribution in [0.5, 0.6) is 5.75 Å². The molecule has 0 bridgehead atoms. The third-order valence-electron chi connectivity index (χ3n) is 4.84. The first-order chi connectivity index (χ1) is 12.6. The van der Waals surface area contributed by atoms with Crippen LogP contribution in [0.2, 0.25) is 0 Å². The molecule has 1 aromatic rings. The summed E-state index contributed by atoms with van der Waals surface area (Å²) >= 11 is 0. The summed E-state index contributed by atoms with van der Waals surface area (Å²) in [4.78, 5) is 4.26. The smallest absolute Gasteiger partial charge is 0.272 e. The van der Waals surface area contributed by atoms with Gasteiger partial charge in [0, 0.05) is 33.9 Å². The van der Waals surface area contributed by atoms with Crippen molar-refractivity contribution in [1.82, 2.24) is 10.6 Å². The number of guanidine groups is 1. The zero-order chi connectivity index (χ0) is 18.8. The second-order valence-electron chi connectivity index (χ2n) is 6.73. The van der Waals surface area contributed by atoms with E-state index in [1.807, 2.05) is 6.07 Å². The van der Waals surface area contributed by atoms with Crippen LogP contribution < -0.4 is 15.4 Å². The van der Waals surface area contributed by atoms with Crippen molar-refractivity contribution in [1.29, 1.82) is 0 Å². The molecule has 27 heavy (non-hydrogen) atoms. The molecule has 0 atom stereocenters. The summed E-state index contributed by atoms with van der Waals surface area (Å²) in [6, 6.07) is 7.15. The van der Waals surface area contributed by atoms with Crippen molar-refractivity contribution in [2.45, 2.75) is 38.7 Å². The summed E-state index contributed by atoms with van der Waals surface area (Å²) in [5.41, 5.74) is 1.24. The minimum Gasteiger partial charge on any atom is -0.488 e. The summed E-state index contributed by atoms with van der Waals surface area (Å²) < 4.78 is 34.8. The van der Waals surface area contributed by atoms with Gasteiger partial charge in [0.1, 0.15) is 12.4 Å². The molecule has 5 nitrogen and oxygen atoms in total. The minimum absolute atomic E-state index is 0. The molecule has 0 heterocycles. The second kappa shape index (κ2) is 12.3. The van der Waals surface area contributed by atoms with Gasteiger partial charge < -0.3 is 20.1 Å². The monoisotopic (exact) mass is 497 g/mol.